The van der Waals surface area contributed by atoms with Gasteiger partial charge in [0, 0.05) is 66.2 Å². The first-order chi connectivity index (χ1) is 30.8. The Balaban J connectivity index is 1.04. The molecule has 6 heteroatoms. The highest BCUT2D eigenvalue weighted by Crippen LogP contribution is 2.43. The SMILES string of the molecule is c1ccc(-c2nnc(-c3ccc4c(c3)c3ccccc3n4-c3cccc(-n4c5ccccc5c5ccc6c7ccccc7n(-c7ccccc7)c6c54)c3)n2-c2ccccc2)cc1. The van der Waals surface area contributed by atoms with Crippen molar-refractivity contribution >= 4 is 65.4 Å². The lowest BCUT2D eigenvalue weighted by atomic mass is 10.1. The van der Waals surface area contributed by atoms with Gasteiger partial charge >= 0.3 is 0 Å². The fraction of sp³-hybridized carbons (Fsp3) is 0. The summed E-state index contributed by atoms with van der Waals surface area (Å²) in [5.74, 6) is 1.60. The molecule has 4 heterocycles. The van der Waals surface area contributed by atoms with Gasteiger partial charge in [0.2, 0.25) is 0 Å². The molecule has 0 spiro atoms. The predicted octanol–water partition coefficient (Wildman–Crippen LogP) is 13.9. The van der Waals surface area contributed by atoms with E-state index >= 15 is 0 Å². The fourth-order valence-corrected chi connectivity index (χ4v) is 9.84. The molecule has 0 N–H and O–H groups in total. The fourth-order valence-electron chi connectivity index (χ4n) is 9.84. The highest BCUT2D eigenvalue weighted by Gasteiger charge is 2.23. The zero-order chi connectivity index (χ0) is 40.7. The summed E-state index contributed by atoms with van der Waals surface area (Å²) in [5, 5.41) is 16.9. The van der Waals surface area contributed by atoms with Gasteiger partial charge in [-0.25, -0.2) is 0 Å². The van der Waals surface area contributed by atoms with Crippen molar-refractivity contribution in [3.05, 3.63) is 218 Å². The first-order valence-electron chi connectivity index (χ1n) is 21.0. The van der Waals surface area contributed by atoms with Gasteiger partial charge in [0.1, 0.15) is 0 Å². The summed E-state index contributed by atoms with van der Waals surface area (Å²) in [6.45, 7) is 0. The third kappa shape index (κ3) is 5.04. The Morgan fingerprint density at radius 3 is 1.26 bits per heavy atom. The van der Waals surface area contributed by atoms with E-state index in [1.54, 1.807) is 0 Å². The molecule has 0 fully saturated rings. The average Bonchev–Trinajstić information content (AvgIpc) is 4.11. The van der Waals surface area contributed by atoms with Crippen LogP contribution in [0.4, 0.5) is 0 Å². The van der Waals surface area contributed by atoms with E-state index in [1.807, 2.05) is 24.3 Å². The maximum atomic E-state index is 4.84. The highest BCUT2D eigenvalue weighted by atomic mass is 15.3. The molecule has 0 amide bonds. The Labute approximate surface area is 356 Å². The molecule has 13 rings (SSSR count). The van der Waals surface area contributed by atoms with Crippen LogP contribution in [0.1, 0.15) is 0 Å². The molecule has 0 saturated heterocycles. The third-order valence-electron chi connectivity index (χ3n) is 12.5. The monoisotopic (exact) mass is 792 g/mol. The van der Waals surface area contributed by atoms with Crippen LogP contribution in [0.3, 0.4) is 0 Å². The molecular formula is C56H36N6. The van der Waals surface area contributed by atoms with Gasteiger partial charge < -0.3 is 13.7 Å². The molecule has 0 unspecified atom stereocenters. The summed E-state index contributed by atoms with van der Waals surface area (Å²) in [5.41, 5.74) is 13.3. The molecule has 0 radical (unpaired) electrons. The molecule has 0 aliphatic carbocycles. The summed E-state index contributed by atoms with van der Waals surface area (Å²) < 4.78 is 9.48. The van der Waals surface area contributed by atoms with Crippen molar-refractivity contribution in [2.45, 2.75) is 0 Å². The number of hydrogen-bond donors (Lipinski definition) is 0. The van der Waals surface area contributed by atoms with Crippen molar-refractivity contribution in [2.75, 3.05) is 0 Å². The van der Waals surface area contributed by atoms with Gasteiger partial charge in [-0.15, -0.1) is 10.2 Å². The molecule has 62 heavy (non-hydrogen) atoms. The molecule has 9 aromatic carbocycles. The van der Waals surface area contributed by atoms with E-state index in [0.717, 1.165) is 61.9 Å². The minimum Gasteiger partial charge on any atom is -0.309 e. The van der Waals surface area contributed by atoms with Crippen LogP contribution in [-0.2, 0) is 0 Å². The van der Waals surface area contributed by atoms with E-state index in [2.05, 4.69) is 212 Å². The predicted molar refractivity (Wildman–Crippen MR) is 255 cm³/mol. The molecule has 0 aliphatic heterocycles. The summed E-state index contributed by atoms with van der Waals surface area (Å²) in [6, 6.07) is 78.1. The first kappa shape index (κ1) is 34.4. The standard InChI is InChI=1S/C56H36N6/c1-4-17-37(18-5-1)55-57-58-56(62(55)40-21-8-3-9-22-40)38-31-34-52-48(35-38)45-27-12-13-28-49(45)59(52)41-23-16-24-42(36-41)61-51-30-15-11-26-44(51)47-33-32-46-43-25-10-14-29-50(43)60(53(46)54(47)61)39-19-6-2-7-20-39/h1-36H. The number of aromatic nitrogens is 6. The van der Waals surface area contributed by atoms with Crippen LogP contribution in [-0.4, -0.2) is 28.5 Å². The van der Waals surface area contributed by atoms with Crippen LogP contribution >= 0.6 is 0 Å². The maximum absolute atomic E-state index is 4.84. The summed E-state index contributed by atoms with van der Waals surface area (Å²) in [7, 11) is 0. The van der Waals surface area contributed by atoms with Gasteiger partial charge in [-0.3, -0.25) is 4.57 Å². The molecule has 290 valence electrons. The molecule has 0 bridgehead atoms. The lowest BCUT2D eigenvalue weighted by molar-refractivity contribution is 1.07. The number of para-hydroxylation sites is 5. The molecule has 4 aromatic heterocycles. The van der Waals surface area contributed by atoms with E-state index in [1.165, 1.54) is 49.0 Å². The summed E-state index contributed by atoms with van der Waals surface area (Å²) in [4.78, 5) is 0. The lowest BCUT2D eigenvalue weighted by Crippen LogP contribution is -2.01. The van der Waals surface area contributed by atoms with Crippen molar-refractivity contribution in [3.8, 4) is 45.5 Å². The second-order valence-electron chi connectivity index (χ2n) is 15.9. The van der Waals surface area contributed by atoms with E-state index in [0.29, 0.717) is 0 Å². The van der Waals surface area contributed by atoms with Gasteiger partial charge in [0.15, 0.2) is 11.6 Å². The highest BCUT2D eigenvalue weighted by molar-refractivity contribution is 6.24. The van der Waals surface area contributed by atoms with Gasteiger partial charge in [-0.05, 0) is 78.9 Å². The Bertz CT molecular complexity index is 3850. The first-order valence-corrected chi connectivity index (χ1v) is 21.0. The number of fused-ring (bicyclic) bond motifs is 10. The molecule has 0 aliphatic rings. The van der Waals surface area contributed by atoms with Crippen LogP contribution < -0.4 is 0 Å². The largest absolute Gasteiger partial charge is 0.309 e. The normalized spacial score (nSPS) is 11.9. The van der Waals surface area contributed by atoms with Gasteiger partial charge in [-0.2, -0.15) is 0 Å². The van der Waals surface area contributed by atoms with E-state index < -0.39 is 0 Å². The molecule has 13 aromatic rings. The second-order valence-corrected chi connectivity index (χ2v) is 15.9. The number of hydrogen-bond acceptors (Lipinski definition) is 2. The van der Waals surface area contributed by atoms with Crippen LogP contribution in [0, 0.1) is 0 Å². The van der Waals surface area contributed by atoms with Gasteiger partial charge in [-0.1, -0.05) is 140 Å². The minimum atomic E-state index is 0.793. The van der Waals surface area contributed by atoms with Gasteiger partial charge in [0.25, 0.3) is 0 Å². The van der Waals surface area contributed by atoms with Crippen LogP contribution in [0.25, 0.3) is 111 Å². The third-order valence-corrected chi connectivity index (χ3v) is 12.5. The van der Waals surface area contributed by atoms with Crippen LogP contribution in [0.15, 0.2) is 218 Å². The lowest BCUT2D eigenvalue weighted by Gasteiger charge is -2.15. The smallest absolute Gasteiger partial charge is 0.168 e. The Kier molecular flexibility index (Phi) is 7.50. The zero-order valence-electron chi connectivity index (χ0n) is 33.5. The van der Waals surface area contributed by atoms with E-state index in [9.17, 15) is 0 Å². The maximum Gasteiger partial charge on any atom is 0.168 e. The van der Waals surface area contributed by atoms with Crippen molar-refractivity contribution in [1.82, 2.24) is 28.5 Å². The minimum absolute atomic E-state index is 0.793. The Hall–Kier alpha value is -8.48. The van der Waals surface area contributed by atoms with Crippen molar-refractivity contribution in [3.63, 3.8) is 0 Å². The Morgan fingerprint density at radius 1 is 0.242 bits per heavy atom. The molecule has 6 nitrogen and oxygen atoms in total. The second kappa shape index (κ2) is 13.5. The van der Waals surface area contributed by atoms with Crippen LogP contribution in [0.2, 0.25) is 0 Å². The topological polar surface area (TPSA) is 45.5 Å². The molecular weight excluding hydrogens is 757 g/mol. The molecule has 0 saturated carbocycles. The average molecular weight is 793 g/mol. The molecule has 0 atom stereocenters. The van der Waals surface area contributed by atoms with E-state index in [-0.39, 0.29) is 0 Å². The number of nitrogens with zero attached hydrogens (tertiary/aromatic N) is 6. The summed E-state index contributed by atoms with van der Waals surface area (Å²) >= 11 is 0. The van der Waals surface area contributed by atoms with Crippen molar-refractivity contribution in [2.24, 2.45) is 0 Å². The van der Waals surface area contributed by atoms with Gasteiger partial charge in [0.05, 0.1) is 33.1 Å². The van der Waals surface area contributed by atoms with Crippen LogP contribution in [0.5, 0.6) is 0 Å². The Morgan fingerprint density at radius 2 is 0.661 bits per heavy atom. The van der Waals surface area contributed by atoms with Crippen molar-refractivity contribution in [1.29, 1.82) is 0 Å². The van der Waals surface area contributed by atoms with E-state index in [4.69, 9.17) is 10.2 Å². The number of rotatable bonds is 6. The summed E-state index contributed by atoms with van der Waals surface area (Å²) in [6.07, 6.45) is 0. The quantitative estimate of drug-likeness (QED) is 0.168. The number of benzene rings is 9. The van der Waals surface area contributed by atoms with Crippen molar-refractivity contribution < 1.29 is 0 Å². The zero-order valence-corrected chi connectivity index (χ0v) is 33.5.